The monoisotopic (exact) mass is 194 g/mol. The summed E-state index contributed by atoms with van der Waals surface area (Å²) in [5.41, 5.74) is 0.950. The van der Waals surface area contributed by atoms with E-state index in [9.17, 15) is 4.79 Å². The fourth-order valence-corrected chi connectivity index (χ4v) is 2.87. The van der Waals surface area contributed by atoms with Gasteiger partial charge in [-0.15, -0.1) is 0 Å². The van der Waals surface area contributed by atoms with Crippen LogP contribution in [0.25, 0.3) is 0 Å². The van der Waals surface area contributed by atoms with E-state index in [0.29, 0.717) is 18.1 Å². The van der Waals surface area contributed by atoms with Gasteiger partial charge in [-0.05, 0) is 30.8 Å². The average Bonchev–Trinajstić information content (AvgIpc) is 2.50. The minimum absolute atomic E-state index is 0.114. The summed E-state index contributed by atoms with van der Waals surface area (Å²) in [7, 11) is 0. The van der Waals surface area contributed by atoms with Crippen LogP contribution in [0.1, 0.15) is 39.0 Å². The number of Topliss-reactive ketones (excluding diaryl/α,β-unsaturated/α-hetero) is 1. The Labute approximate surface area is 85.0 Å². The van der Waals surface area contributed by atoms with Gasteiger partial charge < -0.3 is 5.11 Å². The molecule has 0 unspecified atom stereocenters. The van der Waals surface area contributed by atoms with E-state index in [1.807, 2.05) is 0 Å². The summed E-state index contributed by atoms with van der Waals surface area (Å²) in [5, 5.41) is 9.13. The molecule has 2 aliphatic rings. The molecule has 0 aromatic heterocycles. The Morgan fingerprint density at radius 2 is 2.36 bits per heavy atom. The lowest BCUT2D eigenvalue weighted by atomic mass is 9.76. The highest BCUT2D eigenvalue weighted by molar-refractivity contribution is 5.86. The van der Waals surface area contributed by atoms with E-state index in [0.717, 1.165) is 31.3 Å². The summed E-state index contributed by atoms with van der Waals surface area (Å²) < 4.78 is 0. The topological polar surface area (TPSA) is 37.3 Å². The summed E-state index contributed by atoms with van der Waals surface area (Å²) >= 11 is 0. The predicted molar refractivity (Wildman–Crippen MR) is 54.9 cm³/mol. The van der Waals surface area contributed by atoms with Gasteiger partial charge in [0.2, 0.25) is 0 Å². The molecule has 1 N–H and O–H groups in total. The fraction of sp³-hybridized carbons (Fsp3) is 0.750. The first-order valence-electron chi connectivity index (χ1n) is 5.50. The van der Waals surface area contributed by atoms with Gasteiger partial charge in [0.1, 0.15) is 5.78 Å². The van der Waals surface area contributed by atoms with Crippen molar-refractivity contribution in [3.63, 3.8) is 0 Å². The van der Waals surface area contributed by atoms with E-state index in [1.54, 1.807) is 0 Å². The van der Waals surface area contributed by atoms with Crippen molar-refractivity contribution in [2.24, 2.45) is 11.3 Å². The Morgan fingerprint density at radius 1 is 1.57 bits per heavy atom. The molecule has 14 heavy (non-hydrogen) atoms. The van der Waals surface area contributed by atoms with E-state index in [4.69, 9.17) is 5.11 Å². The van der Waals surface area contributed by atoms with E-state index in [1.165, 1.54) is 0 Å². The zero-order valence-electron chi connectivity index (χ0n) is 8.75. The van der Waals surface area contributed by atoms with Crippen molar-refractivity contribution in [2.45, 2.75) is 39.0 Å². The first kappa shape index (κ1) is 9.91. The van der Waals surface area contributed by atoms with Gasteiger partial charge in [-0.2, -0.15) is 0 Å². The van der Waals surface area contributed by atoms with Gasteiger partial charge in [-0.1, -0.05) is 19.4 Å². The van der Waals surface area contributed by atoms with Crippen molar-refractivity contribution in [1.82, 2.24) is 0 Å². The van der Waals surface area contributed by atoms with Gasteiger partial charge in [0.15, 0.2) is 0 Å². The molecule has 0 bridgehead atoms. The van der Waals surface area contributed by atoms with Gasteiger partial charge in [-0.25, -0.2) is 0 Å². The molecule has 0 heterocycles. The summed E-state index contributed by atoms with van der Waals surface area (Å²) in [6.07, 6.45) is 6.86. The molecule has 2 atom stereocenters. The third-order valence-corrected chi connectivity index (χ3v) is 3.98. The number of fused-ring (bicyclic) bond motifs is 1. The molecule has 0 amide bonds. The molecular weight excluding hydrogens is 176 g/mol. The normalized spacial score (nSPS) is 37.7. The van der Waals surface area contributed by atoms with Gasteiger partial charge in [-0.3, -0.25) is 4.79 Å². The number of hydrogen-bond acceptors (Lipinski definition) is 2. The first-order valence-corrected chi connectivity index (χ1v) is 5.50. The highest BCUT2D eigenvalue weighted by Gasteiger charge is 2.44. The van der Waals surface area contributed by atoms with E-state index in [-0.39, 0.29) is 12.0 Å². The highest BCUT2D eigenvalue weighted by atomic mass is 16.3. The van der Waals surface area contributed by atoms with Crippen LogP contribution in [-0.4, -0.2) is 17.5 Å². The molecule has 0 radical (unpaired) electrons. The van der Waals surface area contributed by atoms with Gasteiger partial charge in [0.05, 0.1) is 6.61 Å². The summed E-state index contributed by atoms with van der Waals surface area (Å²) in [4.78, 5) is 12.0. The minimum atomic E-state index is -0.114. The van der Waals surface area contributed by atoms with Crippen LogP contribution in [0.15, 0.2) is 11.6 Å². The van der Waals surface area contributed by atoms with Crippen molar-refractivity contribution >= 4 is 5.78 Å². The van der Waals surface area contributed by atoms with Crippen molar-refractivity contribution in [3.05, 3.63) is 11.6 Å². The Hall–Kier alpha value is -0.630. The standard InChI is InChI=1S/C12H18O2/c1-12-6-2-3-10(12)7-9(8-13)4-5-11(12)14/h7,10,13H,2-6,8H2,1H3/t10-,12-/m1/s1. The molecule has 1 fully saturated rings. The van der Waals surface area contributed by atoms with E-state index < -0.39 is 0 Å². The Bertz CT molecular complexity index is 280. The van der Waals surface area contributed by atoms with Gasteiger partial charge >= 0.3 is 0 Å². The third kappa shape index (κ3) is 1.42. The molecule has 0 saturated heterocycles. The molecule has 0 aliphatic heterocycles. The van der Waals surface area contributed by atoms with Crippen LogP contribution in [-0.2, 0) is 4.79 Å². The maximum Gasteiger partial charge on any atom is 0.139 e. The van der Waals surface area contributed by atoms with Gasteiger partial charge in [0.25, 0.3) is 0 Å². The molecule has 2 rings (SSSR count). The Balaban J connectivity index is 2.30. The van der Waals surface area contributed by atoms with Crippen LogP contribution in [0.4, 0.5) is 0 Å². The number of aliphatic hydroxyl groups is 1. The second-order valence-corrected chi connectivity index (χ2v) is 4.82. The number of carbonyl (C=O) groups excluding carboxylic acids is 1. The molecule has 2 aliphatic carbocycles. The fourth-order valence-electron chi connectivity index (χ4n) is 2.87. The molecule has 2 heteroatoms. The maximum absolute atomic E-state index is 12.0. The zero-order chi connectivity index (χ0) is 10.2. The van der Waals surface area contributed by atoms with Crippen LogP contribution >= 0.6 is 0 Å². The Morgan fingerprint density at radius 3 is 3.07 bits per heavy atom. The largest absolute Gasteiger partial charge is 0.392 e. The molecule has 1 saturated carbocycles. The van der Waals surface area contributed by atoms with Crippen LogP contribution in [0.5, 0.6) is 0 Å². The molecule has 0 aromatic carbocycles. The number of allylic oxidation sites excluding steroid dienone is 1. The number of aliphatic hydroxyl groups excluding tert-OH is 1. The van der Waals surface area contributed by atoms with Crippen LogP contribution in [0.2, 0.25) is 0 Å². The second kappa shape index (κ2) is 3.50. The van der Waals surface area contributed by atoms with E-state index in [2.05, 4.69) is 13.0 Å². The molecule has 0 spiro atoms. The number of ketones is 1. The summed E-state index contributed by atoms with van der Waals surface area (Å²) in [6, 6.07) is 0. The van der Waals surface area contributed by atoms with Crippen molar-refractivity contribution < 1.29 is 9.90 Å². The lowest BCUT2D eigenvalue weighted by Crippen LogP contribution is -2.29. The van der Waals surface area contributed by atoms with E-state index >= 15 is 0 Å². The molecule has 2 nitrogen and oxygen atoms in total. The number of carbonyl (C=O) groups is 1. The SMILES string of the molecule is C[C@@]12CCC[C@@H]1C=C(CO)CCC2=O. The maximum atomic E-state index is 12.0. The lowest BCUT2D eigenvalue weighted by molar-refractivity contribution is -0.128. The van der Waals surface area contributed by atoms with Crippen molar-refractivity contribution in [2.75, 3.05) is 6.61 Å². The first-order chi connectivity index (χ1) is 6.66. The predicted octanol–water partition coefficient (Wildman–Crippen LogP) is 2.07. The zero-order valence-corrected chi connectivity index (χ0v) is 8.75. The van der Waals surface area contributed by atoms with Crippen LogP contribution in [0.3, 0.4) is 0 Å². The van der Waals surface area contributed by atoms with Gasteiger partial charge in [0, 0.05) is 11.8 Å². The number of rotatable bonds is 1. The smallest absolute Gasteiger partial charge is 0.139 e. The number of hydrogen-bond donors (Lipinski definition) is 1. The van der Waals surface area contributed by atoms with Crippen molar-refractivity contribution in [1.29, 1.82) is 0 Å². The summed E-state index contributed by atoms with van der Waals surface area (Å²) in [6.45, 7) is 2.23. The van der Waals surface area contributed by atoms with Crippen LogP contribution < -0.4 is 0 Å². The highest BCUT2D eigenvalue weighted by Crippen LogP contribution is 2.47. The quantitative estimate of drug-likeness (QED) is 0.649. The molecular formula is C12H18O2. The molecule has 0 aromatic rings. The Kier molecular flexibility index (Phi) is 2.48. The van der Waals surface area contributed by atoms with Crippen molar-refractivity contribution in [3.8, 4) is 0 Å². The average molecular weight is 194 g/mol. The summed E-state index contributed by atoms with van der Waals surface area (Å²) in [5.74, 6) is 0.791. The minimum Gasteiger partial charge on any atom is -0.392 e. The molecule has 78 valence electrons. The lowest BCUT2D eigenvalue weighted by Gasteiger charge is -2.26. The third-order valence-electron chi connectivity index (χ3n) is 3.98. The second-order valence-electron chi connectivity index (χ2n) is 4.82. The van der Waals surface area contributed by atoms with Crippen LogP contribution in [0, 0.1) is 11.3 Å².